The maximum atomic E-state index is 9.49. The lowest BCUT2D eigenvalue weighted by atomic mass is 9.95. The van der Waals surface area contributed by atoms with Crippen LogP contribution in [-0.2, 0) is 4.74 Å². The van der Waals surface area contributed by atoms with Gasteiger partial charge in [-0.25, -0.2) is 0 Å². The van der Waals surface area contributed by atoms with E-state index in [9.17, 15) is 15.3 Å². The lowest BCUT2D eigenvalue weighted by molar-refractivity contribution is -0.321. The zero-order valence-corrected chi connectivity index (χ0v) is 6.84. The Bertz CT molecular complexity index is 162. The molecule has 1 aliphatic rings. The first-order valence-electron chi connectivity index (χ1n) is 3.92. The molecule has 1 aliphatic heterocycles. The maximum absolute atomic E-state index is 9.49. The molecule has 1 saturated heterocycles. The average molecular weight is 178 g/mol. The van der Waals surface area contributed by atoms with Crippen LogP contribution >= 0.6 is 0 Å². The van der Waals surface area contributed by atoms with E-state index in [1.54, 1.807) is 6.92 Å². The van der Waals surface area contributed by atoms with Crippen LogP contribution in [0.4, 0.5) is 0 Å². The first-order chi connectivity index (χ1) is 5.51. The van der Waals surface area contributed by atoms with Gasteiger partial charge in [-0.3, -0.25) is 0 Å². The van der Waals surface area contributed by atoms with Crippen LogP contribution in [0.1, 0.15) is 13.3 Å². The Kier molecular flexibility index (Phi) is 2.70. The standard InChI is InChI=1S/C7H14O5/c1-2-7(11)6(10)5(9)4(8)3-12-7/h4-6,8-11H,2-3H2,1H3/t4-,5-,6-,7?/m1/s1. The molecule has 0 aromatic carbocycles. The van der Waals surface area contributed by atoms with E-state index in [0.717, 1.165) is 0 Å². The van der Waals surface area contributed by atoms with E-state index < -0.39 is 24.1 Å². The first kappa shape index (κ1) is 9.88. The van der Waals surface area contributed by atoms with E-state index in [-0.39, 0.29) is 13.0 Å². The molecule has 5 heteroatoms. The van der Waals surface area contributed by atoms with Gasteiger partial charge < -0.3 is 25.2 Å². The molecular formula is C7H14O5. The Hall–Kier alpha value is -0.200. The van der Waals surface area contributed by atoms with Gasteiger partial charge in [0, 0.05) is 6.42 Å². The highest BCUT2D eigenvalue weighted by Crippen LogP contribution is 2.26. The predicted octanol–water partition coefficient (Wildman–Crippen LogP) is -1.80. The zero-order chi connectivity index (χ0) is 9.35. The summed E-state index contributed by atoms with van der Waals surface area (Å²) in [6.07, 6.45) is -3.76. The van der Waals surface area contributed by atoms with Crippen molar-refractivity contribution in [3.63, 3.8) is 0 Å². The third-order valence-corrected chi connectivity index (χ3v) is 2.19. The van der Waals surface area contributed by atoms with Gasteiger partial charge in [0.05, 0.1) is 6.61 Å². The number of ether oxygens (including phenoxy) is 1. The highest BCUT2D eigenvalue weighted by atomic mass is 16.6. The molecule has 0 bridgehead atoms. The topological polar surface area (TPSA) is 90.2 Å². The van der Waals surface area contributed by atoms with E-state index in [1.807, 2.05) is 0 Å². The summed E-state index contributed by atoms with van der Waals surface area (Å²) in [5, 5.41) is 37.0. The van der Waals surface area contributed by atoms with Crippen LogP contribution in [0.2, 0.25) is 0 Å². The summed E-state index contributed by atoms with van der Waals surface area (Å²) in [4.78, 5) is 0. The van der Waals surface area contributed by atoms with E-state index >= 15 is 0 Å². The van der Waals surface area contributed by atoms with Gasteiger partial charge in [-0.2, -0.15) is 0 Å². The molecule has 0 spiro atoms. The maximum Gasteiger partial charge on any atom is 0.194 e. The van der Waals surface area contributed by atoms with Crippen molar-refractivity contribution >= 4 is 0 Å². The van der Waals surface area contributed by atoms with Gasteiger partial charge in [0.25, 0.3) is 0 Å². The molecule has 5 nitrogen and oxygen atoms in total. The van der Waals surface area contributed by atoms with Gasteiger partial charge in [0.2, 0.25) is 0 Å². The van der Waals surface area contributed by atoms with Crippen molar-refractivity contribution in [2.75, 3.05) is 6.61 Å². The number of hydrogen-bond acceptors (Lipinski definition) is 5. The predicted molar refractivity (Wildman–Crippen MR) is 39.2 cm³/mol. The average Bonchev–Trinajstić information content (AvgIpc) is 2.09. The van der Waals surface area contributed by atoms with E-state index in [2.05, 4.69) is 0 Å². The lowest BCUT2D eigenvalue weighted by Crippen LogP contribution is -2.60. The monoisotopic (exact) mass is 178 g/mol. The Morgan fingerprint density at radius 1 is 1.42 bits per heavy atom. The quantitative estimate of drug-likeness (QED) is 0.380. The normalized spacial score (nSPS) is 49.2. The van der Waals surface area contributed by atoms with E-state index in [1.165, 1.54) is 0 Å². The van der Waals surface area contributed by atoms with Crippen molar-refractivity contribution < 1.29 is 25.2 Å². The molecule has 0 radical (unpaired) electrons. The molecule has 4 N–H and O–H groups in total. The minimum Gasteiger partial charge on any atom is -0.388 e. The molecular weight excluding hydrogens is 164 g/mol. The van der Waals surface area contributed by atoms with E-state index in [0.29, 0.717) is 0 Å². The molecule has 0 aliphatic carbocycles. The molecule has 72 valence electrons. The number of aliphatic hydroxyl groups excluding tert-OH is 3. The number of hydrogen-bond donors (Lipinski definition) is 4. The summed E-state index contributed by atoms with van der Waals surface area (Å²) >= 11 is 0. The highest BCUT2D eigenvalue weighted by molar-refractivity contribution is 4.90. The second-order valence-electron chi connectivity index (χ2n) is 3.01. The van der Waals surface area contributed by atoms with Crippen molar-refractivity contribution in [2.45, 2.75) is 37.4 Å². The van der Waals surface area contributed by atoms with Crippen LogP contribution in [0.5, 0.6) is 0 Å². The summed E-state index contributed by atoms with van der Waals surface area (Å²) in [5.41, 5.74) is 0. The van der Waals surface area contributed by atoms with Gasteiger partial charge in [-0.1, -0.05) is 6.92 Å². The third kappa shape index (κ3) is 1.46. The largest absolute Gasteiger partial charge is 0.388 e. The summed E-state index contributed by atoms with van der Waals surface area (Å²) in [5.74, 6) is -1.72. The van der Waals surface area contributed by atoms with Crippen molar-refractivity contribution in [3.8, 4) is 0 Å². The van der Waals surface area contributed by atoms with Crippen LogP contribution < -0.4 is 0 Å². The summed E-state index contributed by atoms with van der Waals surface area (Å²) in [7, 11) is 0. The Morgan fingerprint density at radius 2 is 2.00 bits per heavy atom. The fourth-order valence-corrected chi connectivity index (χ4v) is 1.20. The fourth-order valence-electron chi connectivity index (χ4n) is 1.20. The van der Waals surface area contributed by atoms with Crippen LogP contribution in [0, 0.1) is 0 Å². The number of aliphatic hydroxyl groups is 4. The molecule has 12 heavy (non-hydrogen) atoms. The molecule has 0 saturated carbocycles. The number of rotatable bonds is 1. The summed E-state index contributed by atoms with van der Waals surface area (Å²) < 4.78 is 4.81. The van der Waals surface area contributed by atoms with Crippen molar-refractivity contribution in [2.24, 2.45) is 0 Å². The lowest BCUT2D eigenvalue weighted by Gasteiger charge is -2.41. The molecule has 1 rings (SSSR count). The highest BCUT2D eigenvalue weighted by Gasteiger charge is 2.46. The van der Waals surface area contributed by atoms with Gasteiger partial charge in [-0.15, -0.1) is 0 Å². The minimum atomic E-state index is -1.72. The Labute approximate surface area is 70.2 Å². The molecule has 0 aromatic heterocycles. The van der Waals surface area contributed by atoms with Crippen LogP contribution in [0.3, 0.4) is 0 Å². The van der Waals surface area contributed by atoms with Gasteiger partial charge in [0.15, 0.2) is 5.79 Å². The first-order valence-corrected chi connectivity index (χ1v) is 3.92. The Balaban J connectivity index is 2.71. The second kappa shape index (κ2) is 3.27. The van der Waals surface area contributed by atoms with Crippen LogP contribution in [0.25, 0.3) is 0 Å². The fraction of sp³-hybridized carbons (Fsp3) is 1.00. The van der Waals surface area contributed by atoms with Crippen LogP contribution in [0.15, 0.2) is 0 Å². The van der Waals surface area contributed by atoms with Crippen LogP contribution in [-0.4, -0.2) is 51.1 Å². The molecule has 0 amide bonds. The zero-order valence-electron chi connectivity index (χ0n) is 6.84. The van der Waals surface area contributed by atoms with Gasteiger partial charge >= 0.3 is 0 Å². The second-order valence-corrected chi connectivity index (χ2v) is 3.01. The molecule has 1 heterocycles. The van der Waals surface area contributed by atoms with Crippen molar-refractivity contribution in [3.05, 3.63) is 0 Å². The SMILES string of the molecule is CCC1(O)OC[C@@H](O)[C@@H](O)[C@H]1O. The third-order valence-electron chi connectivity index (χ3n) is 2.19. The molecule has 1 unspecified atom stereocenters. The molecule has 4 atom stereocenters. The summed E-state index contributed by atoms with van der Waals surface area (Å²) in [6.45, 7) is 1.45. The molecule has 1 fully saturated rings. The Morgan fingerprint density at radius 3 is 2.50 bits per heavy atom. The smallest absolute Gasteiger partial charge is 0.194 e. The van der Waals surface area contributed by atoms with E-state index in [4.69, 9.17) is 9.84 Å². The van der Waals surface area contributed by atoms with Crippen molar-refractivity contribution in [1.29, 1.82) is 0 Å². The van der Waals surface area contributed by atoms with Crippen molar-refractivity contribution in [1.82, 2.24) is 0 Å². The molecule has 0 aromatic rings. The van der Waals surface area contributed by atoms with Gasteiger partial charge in [-0.05, 0) is 0 Å². The summed E-state index contributed by atoms with van der Waals surface area (Å²) in [6, 6.07) is 0. The van der Waals surface area contributed by atoms with Gasteiger partial charge in [0.1, 0.15) is 18.3 Å². The minimum absolute atomic E-state index is 0.164.